The second kappa shape index (κ2) is 8.14. The molecule has 2 aromatic carbocycles. The zero-order valence-electron chi connectivity index (χ0n) is 14.6. The fourth-order valence-corrected chi connectivity index (χ4v) is 4.09. The lowest BCUT2D eigenvalue weighted by Crippen LogP contribution is -2.47. The van der Waals surface area contributed by atoms with Crippen LogP contribution in [0, 0.1) is 0 Å². The summed E-state index contributed by atoms with van der Waals surface area (Å²) in [4.78, 5) is 6.99. The molecule has 1 fully saturated rings. The third-order valence-corrected chi connectivity index (χ3v) is 5.59. The zero-order valence-corrected chi connectivity index (χ0v) is 15.4. The minimum absolute atomic E-state index is 0.297. The summed E-state index contributed by atoms with van der Waals surface area (Å²) in [5, 5.41) is 14.6. The van der Waals surface area contributed by atoms with Gasteiger partial charge in [0, 0.05) is 44.4 Å². The number of thiazole rings is 1. The molecule has 1 aliphatic heterocycles. The van der Waals surface area contributed by atoms with E-state index in [-0.39, 0.29) is 0 Å². The Kier molecular flexibility index (Phi) is 5.45. The second-order valence-electron chi connectivity index (χ2n) is 6.53. The minimum Gasteiger partial charge on any atom is -0.491 e. The van der Waals surface area contributed by atoms with E-state index in [4.69, 9.17) is 9.72 Å². The van der Waals surface area contributed by atoms with Gasteiger partial charge in [-0.1, -0.05) is 30.3 Å². The highest BCUT2D eigenvalue weighted by Gasteiger charge is 2.15. The van der Waals surface area contributed by atoms with Gasteiger partial charge in [0.1, 0.15) is 23.5 Å². The van der Waals surface area contributed by atoms with Crippen LogP contribution in [0.3, 0.4) is 0 Å². The number of aliphatic hydroxyl groups is 1. The SMILES string of the molecule is OC(COc1ccc2sc(-c3ccccc3)nc2c1)CN1CCNCC1. The molecule has 0 saturated carbocycles. The lowest BCUT2D eigenvalue weighted by Gasteiger charge is -2.28. The van der Waals surface area contributed by atoms with E-state index in [2.05, 4.69) is 22.3 Å². The molecule has 0 aliphatic carbocycles. The molecule has 0 radical (unpaired) electrons. The van der Waals surface area contributed by atoms with Gasteiger partial charge in [0.05, 0.1) is 10.2 Å². The van der Waals surface area contributed by atoms with Gasteiger partial charge in [-0.2, -0.15) is 0 Å². The van der Waals surface area contributed by atoms with Crippen molar-refractivity contribution in [3.8, 4) is 16.3 Å². The highest BCUT2D eigenvalue weighted by molar-refractivity contribution is 7.21. The Hall–Kier alpha value is -1.99. The van der Waals surface area contributed by atoms with Gasteiger partial charge in [-0.05, 0) is 12.1 Å². The molecule has 6 heteroatoms. The molecule has 26 heavy (non-hydrogen) atoms. The third-order valence-electron chi connectivity index (χ3n) is 4.50. The fraction of sp³-hybridized carbons (Fsp3) is 0.350. The Balaban J connectivity index is 1.39. The number of hydrogen-bond donors (Lipinski definition) is 2. The average molecular weight is 369 g/mol. The number of nitrogens with one attached hydrogen (secondary N) is 1. The van der Waals surface area contributed by atoms with Crippen molar-refractivity contribution in [1.29, 1.82) is 0 Å². The van der Waals surface area contributed by atoms with E-state index in [9.17, 15) is 5.11 Å². The lowest BCUT2D eigenvalue weighted by atomic mass is 10.2. The second-order valence-corrected chi connectivity index (χ2v) is 7.56. The summed E-state index contributed by atoms with van der Waals surface area (Å²) in [7, 11) is 0. The maximum atomic E-state index is 10.2. The lowest BCUT2D eigenvalue weighted by molar-refractivity contribution is 0.0642. The van der Waals surface area contributed by atoms with Crippen molar-refractivity contribution < 1.29 is 9.84 Å². The largest absolute Gasteiger partial charge is 0.491 e. The van der Waals surface area contributed by atoms with Crippen LogP contribution in [0.5, 0.6) is 5.75 Å². The van der Waals surface area contributed by atoms with Crippen molar-refractivity contribution in [2.45, 2.75) is 6.10 Å². The van der Waals surface area contributed by atoms with Crippen molar-refractivity contribution in [1.82, 2.24) is 15.2 Å². The molecule has 2 heterocycles. The molecule has 0 amide bonds. The van der Waals surface area contributed by atoms with Crippen LogP contribution in [0.4, 0.5) is 0 Å². The van der Waals surface area contributed by atoms with Crippen molar-refractivity contribution in [2.75, 3.05) is 39.3 Å². The summed E-state index contributed by atoms with van der Waals surface area (Å²) in [5.41, 5.74) is 2.06. The number of hydrogen-bond acceptors (Lipinski definition) is 6. The quantitative estimate of drug-likeness (QED) is 0.700. The number of benzene rings is 2. The molecule has 136 valence electrons. The van der Waals surface area contributed by atoms with Crippen molar-refractivity contribution in [3.63, 3.8) is 0 Å². The van der Waals surface area contributed by atoms with Gasteiger partial charge >= 0.3 is 0 Å². The summed E-state index contributed by atoms with van der Waals surface area (Å²) >= 11 is 1.68. The van der Waals surface area contributed by atoms with Crippen LogP contribution in [0.2, 0.25) is 0 Å². The predicted octanol–water partition coefficient (Wildman–Crippen LogP) is 2.61. The number of rotatable bonds is 6. The first-order valence-electron chi connectivity index (χ1n) is 8.98. The third kappa shape index (κ3) is 4.22. The number of aromatic nitrogens is 1. The molecule has 2 N–H and O–H groups in total. The smallest absolute Gasteiger partial charge is 0.124 e. The summed E-state index contributed by atoms with van der Waals surface area (Å²) < 4.78 is 6.94. The number of nitrogens with zero attached hydrogens (tertiary/aromatic N) is 2. The van der Waals surface area contributed by atoms with Crippen molar-refractivity contribution in [3.05, 3.63) is 48.5 Å². The Morgan fingerprint density at radius 1 is 1.15 bits per heavy atom. The van der Waals surface area contributed by atoms with E-state index in [0.29, 0.717) is 13.2 Å². The number of β-amino-alcohol motifs (C(OH)–C–C–N with tert-alkyl or cyclic N) is 1. The number of fused-ring (bicyclic) bond motifs is 1. The molecule has 1 saturated heterocycles. The van der Waals surface area contributed by atoms with Crippen LogP contribution < -0.4 is 10.1 Å². The van der Waals surface area contributed by atoms with Crippen LogP contribution in [0.25, 0.3) is 20.8 Å². The van der Waals surface area contributed by atoms with Gasteiger partial charge in [-0.15, -0.1) is 11.3 Å². The van der Waals surface area contributed by atoms with Crippen molar-refractivity contribution >= 4 is 21.6 Å². The molecule has 3 aromatic rings. The molecule has 1 aromatic heterocycles. The van der Waals surface area contributed by atoms with Crippen LogP contribution >= 0.6 is 11.3 Å². The Morgan fingerprint density at radius 2 is 1.96 bits per heavy atom. The van der Waals surface area contributed by atoms with E-state index in [0.717, 1.165) is 52.7 Å². The number of piperazine rings is 1. The summed E-state index contributed by atoms with van der Waals surface area (Å²) in [6.07, 6.45) is -0.487. The number of aliphatic hydroxyl groups excluding tert-OH is 1. The normalized spacial score (nSPS) is 16.7. The standard InChI is InChI=1S/C20H23N3O2S/c24-16(13-23-10-8-21-9-11-23)14-25-17-6-7-19-18(12-17)22-20(26-19)15-4-2-1-3-5-15/h1-7,12,16,21,24H,8-11,13-14H2. The average Bonchev–Trinajstić information content (AvgIpc) is 3.11. The van der Waals surface area contributed by atoms with Crippen LogP contribution in [-0.4, -0.2) is 60.4 Å². The van der Waals surface area contributed by atoms with E-state index in [1.54, 1.807) is 11.3 Å². The van der Waals surface area contributed by atoms with Gasteiger partial charge in [0.15, 0.2) is 0 Å². The van der Waals surface area contributed by atoms with Crippen molar-refractivity contribution in [2.24, 2.45) is 0 Å². The first kappa shape index (κ1) is 17.4. The molecule has 1 unspecified atom stereocenters. The molecule has 4 rings (SSSR count). The van der Waals surface area contributed by atoms with E-state index >= 15 is 0 Å². The first-order chi connectivity index (χ1) is 12.8. The Labute approximate surface area is 157 Å². The number of ether oxygens (including phenoxy) is 1. The van der Waals surface area contributed by atoms with E-state index in [1.165, 1.54) is 0 Å². The van der Waals surface area contributed by atoms with E-state index in [1.807, 2.05) is 36.4 Å². The monoisotopic (exact) mass is 369 g/mol. The highest BCUT2D eigenvalue weighted by Crippen LogP contribution is 2.31. The van der Waals surface area contributed by atoms with Gasteiger partial charge in [0.2, 0.25) is 0 Å². The summed E-state index contributed by atoms with van der Waals surface area (Å²) in [6, 6.07) is 16.1. The van der Waals surface area contributed by atoms with Crippen LogP contribution in [-0.2, 0) is 0 Å². The topological polar surface area (TPSA) is 57.6 Å². The van der Waals surface area contributed by atoms with Crippen LogP contribution in [0.1, 0.15) is 0 Å². The molecule has 1 aliphatic rings. The first-order valence-corrected chi connectivity index (χ1v) is 9.79. The van der Waals surface area contributed by atoms with Gasteiger partial charge in [-0.25, -0.2) is 4.98 Å². The van der Waals surface area contributed by atoms with Gasteiger partial charge in [-0.3, -0.25) is 4.90 Å². The molecule has 1 atom stereocenters. The maximum absolute atomic E-state index is 10.2. The fourth-order valence-electron chi connectivity index (χ4n) is 3.14. The van der Waals surface area contributed by atoms with Gasteiger partial charge in [0.25, 0.3) is 0 Å². The summed E-state index contributed by atoms with van der Waals surface area (Å²) in [6.45, 7) is 4.87. The molecule has 0 spiro atoms. The van der Waals surface area contributed by atoms with E-state index < -0.39 is 6.10 Å². The Bertz CT molecular complexity index is 847. The Morgan fingerprint density at radius 3 is 2.77 bits per heavy atom. The van der Waals surface area contributed by atoms with Gasteiger partial charge < -0.3 is 15.2 Å². The minimum atomic E-state index is -0.487. The molecule has 5 nitrogen and oxygen atoms in total. The zero-order chi connectivity index (χ0) is 17.8. The van der Waals surface area contributed by atoms with Crippen LogP contribution in [0.15, 0.2) is 48.5 Å². The predicted molar refractivity (Wildman–Crippen MR) is 106 cm³/mol. The molecule has 0 bridgehead atoms. The highest BCUT2D eigenvalue weighted by atomic mass is 32.1. The maximum Gasteiger partial charge on any atom is 0.124 e. The molecular formula is C20H23N3O2S. The molecular weight excluding hydrogens is 346 g/mol. The summed E-state index contributed by atoms with van der Waals surface area (Å²) in [5.74, 6) is 0.752.